The van der Waals surface area contributed by atoms with E-state index in [1.807, 2.05) is 32.9 Å². The third-order valence-corrected chi connectivity index (χ3v) is 3.70. The van der Waals surface area contributed by atoms with Crippen LogP contribution < -0.4 is 11.1 Å². The van der Waals surface area contributed by atoms with Crippen LogP contribution in [-0.4, -0.2) is 36.3 Å². The van der Waals surface area contributed by atoms with Gasteiger partial charge in [0, 0.05) is 24.7 Å². The van der Waals surface area contributed by atoms with Crippen molar-refractivity contribution in [3.05, 3.63) is 50.2 Å². The molecule has 0 aromatic rings. The smallest absolute Gasteiger partial charge is 0.220 e. The summed E-state index contributed by atoms with van der Waals surface area (Å²) >= 11 is 0. The summed E-state index contributed by atoms with van der Waals surface area (Å²) in [6.45, 7) is 38.4. The zero-order valence-electron chi connectivity index (χ0n) is 24.5. The second kappa shape index (κ2) is 28.7. The van der Waals surface area contributed by atoms with Crippen LogP contribution in [0.3, 0.4) is 0 Å². The van der Waals surface area contributed by atoms with Gasteiger partial charge in [-0.25, -0.2) is 0 Å². The Kier molecular flexibility index (Phi) is 35.4. The number of carbonyl (C=O) groups is 2. The van der Waals surface area contributed by atoms with Crippen LogP contribution in [0.15, 0.2) is 50.2 Å². The molecule has 1 aliphatic rings. The van der Waals surface area contributed by atoms with E-state index in [0.29, 0.717) is 19.0 Å². The summed E-state index contributed by atoms with van der Waals surface area (Å²) in [5, 5.41) is 2.97. The lowest BCUT2D eigenvalue weighted by Gasteiger charge is -2.26. The van der Waals surface area contributed by atoms with Crippen molar-refractivity contribution >= 4 is 12.3 Å². The first-order valence-corrected chi connectivity index (χ1v) is 12.4. The fraction of sp³-hybridized carbons (Fsp3) is 0.655. The number of hydrogen-bond acceptors (Lipinski definition) is 3. The normalized spacial score (nSPS) is 15.8. The van der Waals surface area contributed by atoms with Crippen molar-refractivity contribution < 1.29 is 9.59 Å². The predicted octanol–water partition coefficient (Wildman–Crippen LogP) is 7.12. The molecule has 0 unspecified atom stereocenters. The number of amides is 2. The number of primary amides is 1. The van der Waals surface area contributed by atoms with E-state index in [2.05, 4.69) is 97.7 Å². The van der Waals surface area contributed by atoms with Crippen molar-refractivity contribution in [2.24, 2.45) is 23.0 Å². The van der Waals surface area contributed by atoms with E-state index < -0.39 is 0 Å². The largest absolute Gasteiger partial charge is 0.372 e. The monoisotopic (exact) mass is 481 g/mol. The molecule has 202 valence electrons. The molecule has 1 rings (SSSR count). The average Bonchev–Trinajstić information content (AvgIpc) is 3.07. The maximum absolute atomic E-state index is 11.8. The van der Waals surface area contributed by atoms with Gasteiger partial charge in [-0.15, -0.1) is 13.2 Å². The maximum Gasteiger partial charge on any atom is 0.220 e. The fourth-order valence-electron chi connectivity index (χ4n) is 2.72. The molecule has 0 aliphatic carbocycles. The van der Waals surface area contributed by atoms with Gasteiger partial charge in [-0.05, 0) is 37.5 Å². The van der Waals surface area contributed by atoms with Crippen molar-refractivity contribution in [1.82, 2.24) is 10.2 Å². The van der Waals surface area contributed by atoms with Crippen LogP contribution in [0.1, 0.15) is 89.0 Å². The standard InChI is InChI=1S/C15H28N2O.C5H8.C4H10.C2H6.C2H4.CH3NO/c1-11-7-12(2)17(10-11)13(3)9-16-14(18)8-15(4,5)6;1-3-5-4-2;1-4(2)3;2*1-2;2-1-3/h11-12H,3,7-10H2,1-2,4-6H3,(H,16,18);3-5H,1H2,2H3;4H,1-3H3;1-2H3;1-2H2;1H,(H2,2,3)/b;5-4-;;;;/t11-,12+;;;;;/m0...../s1. The van der Waals surface area contributed by atoms with Gasteiger partial charge in [-0.2, -0.15) is 0 Å². The summed E-state index contributed by atoms with van der Waals surface area (Å²) in [6, 6.07) is 0.548. The van der Waals surface area contributed by atoms with Gasteiger partial charge in [0.1, 0.15) is 0 Å². The van der Waals surface area contributed by atoms with Crippen LogP contribution in [0.5, 0.6) is 0 Å². The molecule has 3 N–H and O–H groups in total. The van der Waals surface area contributed by atoms with Gasteiger partial charge in [-0.3, -0.25) is 9.59 Å². The van der Waals surface area contributed by atoms with Crippen LogP contribution in [0.25, 0.3) is 0 Å². The molecule has 5 nitrogen and oxygen atoms in total. The van der Waals surface area contributed by atoms with E-state index in [-0.39, 0.29) is 17.7 Å². The first-order chi connectivity index (χ1) is 15.7. The molecule has 0 aromatic carbocycles. The molecule has 2 amide bonds. The first kappa shape index (κ1) is 41.9. The minimum atomic E-state index is 0.0425. The van der Waals surface area contributed by atoms with Crippen LogP contribution in [-0.2, 0) is 9.59 Å². The third-order valence-electron chi connectivity index (χ3n) is 3.70. The number of carbonyl (C=O) groups excluding carboxylic acids is 2. The molecule has 2 atom stereocenters. The van der Waals surface area contributed by atoms with Crippen LogP contribution in [0.2, 0.25) is 0 Å². The van der Waals surface area contributed by atoms with Gasteiger partial charge in [-0.1, -0.05) is 93.7 Å². The van der Waals surface area contributed by atoms with Crippen molar-refractivity contribution in [1.29, 1.82) is 0 Å². The molecule has 0 spiro atoms. The van der Waals surface area contributed by atoms with Gasteiger partial charge in [0.05, 0.1) is 6.54 Å². The van der Waals surface area contributed by atoms with E-state index >= 15 is 0 Å². The summed E-state index contributed by atoms with van der Waals surface area (Å²) in [7, 11) is 0. The highest BCUT2D eigenvalue weighted by atomic mass is 16.1. The topological polar surface area (TPSA) is 75.4 Å². The molecule has 34 heavy (non-hydrogen) atoms. The first-order valence-electron chi connectivity index (χ1n) is 12.4. The zero-order valence-corrected chi connectivity index (χ0v) is 24.5. The van der Waals surface area contributed by atoms with Gasteiger partial charge in [0.25, 0.3) is 0 Å². The van der Waals surface area contributed by atoms with E-state index in [4.69, 9.17) is 4.79 Å². The predicted molar refractivity (Wildman–Crippen MR) is 155 cm³/mol. The highest BCUT2D eigenvalue weighted by molar-refractivity contribution is 5.76. The van der Waals surface area contributed by atoms with Crippen molar-refractivity contribution in [3.63, 3.8) is 0 Å². The summed E-state index contributed by atoms with van der Waals surface area (Å²) < 4.78 is 0. The van der Waals surface area contributed by atoms with Crippen LogP contribution in [0, 0.1) is 17.3 Å². The number of likely N-dealkylation sites (tertiary alicyclic amines) is 1. The number of hydrogen-bond donors (Lipinski definition) is 2. The molecular formula is C29H59N3O2. The lowest BCUT2D eigenvalue weighted by molar-refractivity contribution is -0.122. The summed E-state index contributed by atoms with van der Waals surface area (Å²) in [5.41, 5.74) is 5.25. The van der Waals surface area contributed by atoms with E-state index in [1.54, 1.807) is 6.08 Å². The quantitative estimate of drug-likeness (QED) is 0.249. The maximum atomic E-state index is 11.8. The van der Waals surface area contributed by atoms with Gasteiger partial charge < -0.3 is 16.0 Å². The van der Waals surface area contributed by atoms with Gasteiger partial charge in [0.2, 0.25) is 12.3 Å². The molecular weight excluding hydrogens is 422 g/mol. The molecule has 1 heterocycles. The molecule has 0 saturated carbocycles. The van der Waals surface area contributed by atoms with Crippen LogP contribution in [0.4, 0.5) is 0 Å². The Bertz CT molecular complexity index is 517. The SMILES string of the molecule is C=C.C=C(CNC(=O)CC(C)(C)C)N1C[C@@H](C)C[C@H]1C.C=C/C=C\C.CC.CC(C)C.NC=O. The minimum Gasteiger partial charge on any atom is -0.372 e. The molecule has 0 radical (unpaired) electrons. The minimum absolute atomic E-state index is 0.0425. The summed E-state index contributed by atoms with van der Waals surface area (Å²) in [5.74, 6) is 1.67. The lowest BCUT2D eigenvalue weighted by atomic mass is 9.92. The molecule has 1 fully saturated rings. The number of nitrogens with one attached hydrogen (secondary N) is 1. The van der Waals surface area contributed by atoms with E-state index in [0.717, 1.165) is 24.1 Å². The fourth-order valence-corrected chi connectivity index (χ4v) is 2.72. The Hall–Kier alpha value is -2.30. The number of rotatable bonds is 5. The third kappa shape index (κ3) is 37.0. The van der Waals surface area contributed by atoms with Gasteiger partial charge in [0.15, 0.2) is 0 Å². The molecule has 1 saturated heterocycles. The Morgan fingerprint density at radius 3 is 1.82 bits per heavy atom. The Morgan fingerprint density at radius 1 is 1.18 bits per heavy atom. The molecule has 0 aromatic heterocycles. The van der Waals surface area contributed by atoms with E-state index in [9.17, 15) is 4.79 Å². The number of nitrogens with two attached hydrogens (primary N) is 1. The summed E-state index contributed by atoms with van der Waals surface area (Å²) in [4.78, 5) is 22.7. The molecule has 1 aliphatic heterocycles. The Labute approximate surface area is 213 Å². The van der Waals surface area contributed by atoms with Crippen molar-refractivity contribution in [3.8, 4) is 0 Å². The summed E-state index contributed by atoms with van der Waals surface area (Å²) in [6.07, 6.45) is 7.61. The number of nitrogens with zero attached hydrogens (tertiary/aromatic N) is 1. The zero-order chi connectivity index (χ0) is 28.3. The van der Waals surface area contributed by atoms with Crippen LogP contribution >= 0.6 is 0 Å². The highest BCUT2D eigenvalue weighted by Gasteiger charge is 2.27. The number of allylic oxidation sites excluding steroid dienone is 3. The Morgan fingerprint density at radius 2 is 1.59 bits per heavy atom. The Balaban J connectivity index is -0.000000144. The van der Waals surface area contributed by atoms with Crippen molar-refractivity contribution in [2.45, 2.75) is 95.0 Å². The average molecular weight is 482 g/mol. The highest BCUT2D eigenvalue weighted by Crippen LogP contribution is 2.25. The molecule has 5 heteroatoms. The molecule has 0 bridgehead atoms. The van der Waals surface area contributed by atoms with Crippen molar-refractivity contribution in [2.75, 3.05) is 13.1 Å². The second-order valence-electron chi connectivity index (χ2n) is 9.55. The van der Waals surface area contributed by atoms with E-state index in [1.165, 1.54) is 6.42 Å². The lowest BCUT2D eigenvalue weighted by Crippen LogP contribution is -2.35. The van der Waals surface area contributed by atoms with Gasteiger partial charge >= 0.3 is 0 Å². The second-order valence-corrected chi connectivity index (χ2v) is 9.55.